The lowest BCUT2D eigenvalue weighted by atomic mass is 10.0. The predicted octanol–water partition coefficient (Wildman–Crippen LogP) is 5.06. The van der Waals surface area contributed by atoms with Gasteiger partial charge in [0.15, 0.2) is 5.76 Å². The van der Waals surface area contributed by atoms with Crippen LogP contribution in [0.3, 0.4) is 0 Å². The number of para-hydroxylation sites is 1. The summed E-state index contributed by atoms with van der Waals surface area (Å²) in [6.07, 6.45) is 1.44. The van der Waals surface area contributed by atoms with E-state index in [1.807, 2.05) is 61.5 Å². The number of furan rings is 1. The van der Waals surface area contributed by atoms with Crippen LogP contribution in [0, 0.1) is 6.92 Å². The van der Waals surface area contributed by atoms with Crippen molar-refractivity contribution in [2.24, 2.45) is 0 Å². The van der Waals surface area contributed by atoms with E-state index in [1.165, 1.54) is 22.2 Å². The van der Waals surface area contributed by atoms with Gasteiger partial charge in [-0.1, -0.05) is 48.5 Å². The number of carbonyl (C=O) groups excluding carboxylic acids is 1. The van der Waals surface area contributed by atoms with Crippen molar-refractivity contribution in [3.05, 3.63) is 88.0 Å². The molecule has 29 heavy (non-hydrogen) atoms. The monoisotopic (exact) mass is 400 g/mol. The van der Waals surface area contributed by atoms with Crippen molar-refractivity contribution in [1.29, 1.82) is 0 Å². The zero-order chi connectivity index (χ0) is 20.0. The van der Waals surface area contributed by atoms with Gasteiger partial charge in [0.2, 0.25) is 5.78 Å². The van der Waals surface area contributed by atoms with E-state index in [4.69, 9.17) is 4.42 Å². The number of hydrogen-bond acceptors (Lipinski definition) is 5. The summed E-state index contributed by atoms with van der Waals surface area (Å²) in [6.45, 7) is 1.86. The molecule has 3 aromatic heterocycles. The highest BCUT2D eigenvalue weighted by atomic mass is 32.1. The molecule has 0 atom stereocenters. The van der Waals surface area contributed by atoms with Gasteiger partial charge in [0, 0.05) is 15.8 Å². The molecule has 5 aromatic rings. The maximum atomic E-state index is 13.2. The van der Waals surface area contributed by atoms with Gasteiger partial charge < -0.3 is 4.42 Å². The third-order valence-electron chi connectivity index (χ3n) is 4.93. The van der Waals surface area contributed by atoms with Crippen molar-refractivity contribution >= 4 is 38.3 Å². The molecule has 142 valence electrons. The van der Waals surface area contributed by atoms with Crippen molar-refractivity contribution in [3.63, 3.8) is 0 Å². The topological polar surface area (TPSA) is 65.1 Å². The Kier molecular flexibility index (Phi) is 4.14. The van der Waals surface area contributed by atoms with Gasteiger partial charge in [-0.2, -0.15) is 0 Å². The number of ketones is 1. The molecule has 0 aliphatic carbocycles. The summed E-state index contributed by atoms with van der Waals surface area (Å²) in [4.78, 5) is 32.1. The molecule has 0 N–H and O–H groups in total. The second-order valence-corrected chi connectivity index (χ2v) is 8.03. The van der Waals surface area contributed by atoms with Crippen LogP contribution in [0.4, 0.5) is 0 Å². The van der Waals surface area contributed by atoms with Crippen LogP contribution < -0.4 is 5.56 Å². The highest BCUT2D eigenvalue weighted by Gasteiger charge is 2.19. The molecular formula is C23H16N2O3S. The number of fused-ring (bicyclic) bond motifs is 2. The first-order valence-corrected chi connectivity index (χ1v) is 9.99. The lowest BCUT2D eigenvalue weighted by Gasteiger charge is -2.05. The van der Waals surface area contributed by atoms with Crippen LogP contribution in [0.25, 0.3) is 32.3 Å². The third kappa shape index (κ3) is 2.98. The van der Waals surface area contributed by atoms with Crippen LogP contribution in [-0.2, 0) is 6.54 Å². The molecule has 0 aliphatic heterocycles. The SMILES string of the molecule is Cc1sc2ncn(CC(=O)c3cc4ccccc4o3)c(=O)c2c1-c1ccccc1. The summed E-state index contributed by atoms with van der Waals surface area (Å²) in [6, 6.07) is 18.9. The standard InChI is InChI=1S/C23H16N2O3S/c1-14-20(15-7-3-2-4-8-15)21-22(29-14)24-13-25(23(21)27)12-17(26)19-11-16-9-5-6-10-18(16)28-19/h2-11,13H,12H2,1H3. The van der Waals surface area contributed by atoms with Crippen LogP contribution >= 0.6 is 11.3 Å². The molecule has 5 nitrogen and oxygen atoms in total. The fourth-order valence-electron chi connectivity index (χ4n) is 3.55. The number of aromatic nitrogens is 2. The lowest BCUT2D eigenvalue weighted by molar-refractivity contribution is 0.0945. The van der Waals surface area contributed by atoms with Gasteiger partial charge in [0.25, 0.3) is 5.56 Å². The molecule has 5 rings (SSSR count). The first-order valence-electron chi connectivity index (χ1n) is 9.17. The quantitative estimate of drug-likeness (QED) is 0.396. The Morgan fingerprint density at radius 3 is 2.66 bits per heavy atom. The van der Waals surface area contributed by atoms with Crippen LogP contribution in [0.2, 0.25) is 0 Å². The number of nitrogens with zero attached hydrogens (tertiary/aromatic N) is 2. The molecule has 3 heterocycles. The van der Waals surface area contributed by atoms with E-state index in [9.17, 15) is 9.59 Å². The molecule has 0 aliphatic rings. The molecule has 0 amide bonds. The number of thiophene rings is 1. The second-order valence-electron chi connectivity index (χ2n) is 6.83. The van der Waals surface area contributed by atoms with Crippen molar-refractivity contribution in [2.75, 3.05) is 0 Å². The number of Topliss-reactive ketones (excluding diaryl/α,β-unsaturated/α-hetero) is 1. The molecule has 0 saturated carbocycles. The Morgan fingerprint density at radius 2 is 1.86 bits per heavy atom. The number of rotatable bonds is 4. The normalized spacial score (nSPS) is 11.3. The second kappa shape index (κ2) is 6.83. The van der Waals surface area contributed by atoms with E-state index in [0.29, 0.717) is 15.8 Å². The van der Waals surface area contributed by atoms with Crippen LogP contribution in [0.1, 0.15) is 15.4 Å². The van der Waals surface area contributed by atoms with Crippen LogP contribution in [0.15, 0.2) is 76.2 Å². The molecule has 2 aromatic carbocycles. The van der Waals surface area contributed by atoms with E-state index in [2.05, 4.69) is 4.98 Å². The molecule has 0 fully saturated rings. The Bertz CT molecular complexity index is 1390. The number of benzene rings is 2. The maximum absolute atomic E-state index is 13.2. The zero-order valence-electron chi connectivity index (χ0n) is 15.6. The summed E-state index contributed by atoms with van der Waals surface area (Å²) < 4.78 is 7.00. The fraction of sp³-hybridized carbons (Fsp3) is 0.0870. The molecule has 0 unspecified atom stereocenters. The van der Waals surface area contributed by atoms with Gasteiger partial charge >= 0.3 is 0 Å². The lowest BCUT2D eigenvalue weighted by Crippen LogP contribution is -2.24. The van der Waals surface area contributed by atoms with Crippen molar-refractivity contribution < 1.29 is 9.21 Å². The smallest absolute Gasteiger partial charge is 0.263 e. The largest absolute Gasteiger partial charge is 0.453 e. The summed E-state index contributed by atoms with van der Waals surface area (Å²) >= 11 is 1.49. The van der Waals surface area contributed by atoms with Gasteiger partial charge in [-0.05, 0) is 24.6 Å². The van der Waals surface area contributed by atoms with Gasteiger partial charge in [-0.15, -0.1) is 11.3 Å². The molecule has 0 spiro atoms. The van der Waals surface area contributed by atoms with Crippen LogP contribution in [-0.4, -0.2) is 15.3 Å². The van der Waals surface area contributed by atoms with Crippen molar-refractivity contribution in [1.82, 2.24) is 9.55 Å². The van der Waals surface area contributed by atoms with E-state index < -0.39 is 0 Å². The van der Waals surface area contributed by atoms with E-state index in [-0.39, 0.29) is 23.6 Å². The van der Waals surface area contributed by atoms with Crippen LogP contribution in [0.5, 0.6) is 0 Å². The molecule has 0 bridgehead atoms. The molecule has 0 saturated heterocycles. The zero-order valence-corrected chi connectivity index (χ0v) is 16.4. The van der Waals surface area contributed by atoms with Gasteiger partial charge in [0.1, 0.15) is 10.4 Å². The third-order valence-corrected chi connectivity index (χ3v) is 5.94. The molecular weight excluding hydrogens is 384 g/mol. The Balaban J connectivity index is 1.58. The highest BCUT2D eigenvalue weighted by Crippen LogP contribution is 2.35. The number of hydrogen-bond donors (Lipinski definition) is 0. The van der Waals surface area contributed by atoms with Crippen molar-refractivity contribution in [2.45, 2.75) is 13.5 Å². The highest BCUT2D eigenvalue weighted by molar-refractivity contribution is 7.19. The Morgan fingerprint density at radius 1 is 1.10 bits per heavy atom. The first kappa shape index (κ1) is 17.6. The van der Waals surface area contributed by atoms with Gasteiger partial charge in [0.05, 0.1) is 18.3 Å². The minimum atomic E-state index is -0.266. The van der Waals surface area contributed by atoms with Gasteiger partial charge in [-0.3, -0.25) is 14.2 Å². The predicted molar refractivity (Wildman–Crippen MR) is 115 cm³/mol. The van der Waals surface area contributed by atoms with Gasteiger partial charge in [-0.25, -0.2) is 4.98 Å². The van der Waals surface area contributed by atoms with E-state index in [0.717, 1.165) is 21.4 Å². The average Bonchev–Trinajstić information content (AvgIpc) is 3.32. The van der Waals surface area contributed by atoms with Crippen molar-refractivity contribution in [3.8, 4) is 11.1 Å². The summed E-state index contributed by atoms with van der Waals surface area (Å²) in [7, 11) is 0. The van der Waals surface area contributed by atoms with E-state index >= 15 is 0 Å². The minimum absolute atomic E-state index is 0.120. The Hall–Kier alpha value is -3.51. The van der Waals surface area contributed by atoms with E-state index in [1.54, 1.807) is 6.07 Å². The number of carbonyl (C=O) groups is 1. The summed E-state index contributed by atoms with van der Waals surface area (Å²) in [5.41, 5.74) is 2.28. The summed E-state index contributed by atoms with van der Waals surface area (Å²) in [5, 5.41) is 1.41. The number of aryl methyl sites for hydroxylation is 1. The maximum Gasteiger partial charge on any atom is 0.263 e. The molecule has 0 radical (unpaired) electrons. The average molecular weight is 400 g/mol. The summed E-state index contributed by atoms with van der Waals surface area (Å²) in [5.74, 6) is -0.0272. The minimum Gasteiger partial charge on any atom is -0.453 e. The molecule has 6 heteroatoms. The first-order chi connectivity index (χ1) is 14.1. The Labute approximate surface area is 169 Å². The fourth-order valence-corrected chi connectivity index (χ4v) is 4.56.